The molecule has 0 fully saturated rings. The van der Waals surface area contributed by atoms with E-state index in [2.05, 4.69) is 297 Å². The number of fused-ring (bicyclic) bond motifs is 16. The molecule has 0 aliphatic rings. The van der Waals surface area contributed by atoms with E-state index >= 15 is 0 Å². The van der Waals surface area contributed by atoms with Gasteiger partial charge in [-0.1, -0.05) is 200 Å². The monoisotopic (exact) mass is 1240 g/mol. The molecule has 19 rings (SSSR count). The van der Waals surface area contributed by atoms with Crippen LogP contribution < -0.4 is 0 Å². The lowest BCUT2D eigenvalue weighted by atomic mass is 9.95. The molecule has 0 amide bonds. The van der Waals surface area contributed by atoms with Crippen molar-refractivity contribution >= 4 is 109 Å². The van der Waals surface area contributed by atoms with Gasteiger partial charge in [0.2, 0.25) is 0 Å². The van der Waals surface area contributed by atoms with E-state index in [1.807, 2.05) is 48.5 Å². The van der Waals surface area contributed by atoms with Gasteiger partial charge in [-0.25, -0.2) is 0 Å². The van der Waals surface area contributed by atoms with E-state index in [1.165, 1.54) is 0 Å². The number of benzene rings is 15. The van der Waals surface area contributed by atoms with Crippen molar-refractivity contribution in [1.29, 1.82) is 21.0 Å². The highest BCUT2D eigenvalue weighted by atomic mass is 15.0. The number of para-hydroxylation sites is 3. The van der Waals surface area contributed by atoms with Crippen LogP contribution in [0.3, 0.4) is 0 Å². The second kappa shape index (κ2) is 21.8. The molecule has 4 heterocycles. The molecule has 0 unspecified atom stereocenters. The van der Waals surface area contributed by atoms with Crippen molar-refractivity contribution in [2.75, 3.05) is 0 Å². The van der Waals surface area contributed by atoms with Gasteiger partial charge < -0.3 is 18.3 Å². The Morgan fingerprint density at radius 2 is 0.490 bits per heavy atom. The third kappa shape index (κ3) is 8.33. The van der Waals surface area contributed by atoms with Gasteiger partial charge in [0, 0.05) is 43.1 Å². The number of hydrogen-bond acceptors (Lipinski definition) is 4. The van der Waals surface area contributed by atoms with E-state index in [0.29, 0.717) is 45.0 Å². The van der Waals surface area contributed by atoms with Crippen LogP contribution in [0, 0.1) is 45.3 Å². The summed E-state index contributed by atoms with van der Waals surface area (Å²) in [5.41, 5.74) is 20.2. The number of rotatable bonds is 8. The van der Waals surface area contributed by atoms with E-state index in [4.69, 9.17) is 0 Å². The summed E-state index contributed by atoms with van der Waals surface area (Å²) in [7, 11) is 0. The lowest BCUT2D eigenvalue weighted by Gasteiger charge is -2.17. The molecule has 0 aliphatic carbocycles. The molecule has 0 saturated carbocycles. The van der Waals surface area contributed by atoms with Crippen LogP contribution in [0.1, 0.15) is 22.3 Å². The SMILES string of the molecule is N#Cc1cc(-n2c3ccccc3c3cc(-c4cccc(-c5cccc(-c6ccc7c(c6)c6cc(-c8ccccc8)ccc6n7-c6cc(C#N)cc(-n7c8ccccc8c8c9ccccc9ccc87)c6C#N)c5)c4)ccc32)c(C#N)c(-n2c3ccccc3c3c4ccccc4ccc32)c1. The van der Waals surface area contributed by atoms with Gasteiger partial charge in [0.1, 0.15) is 23.3 Å². The third-order valence-corrected chi connectivity index (χ3v) is 20.0. The summed E-state index contributed by atoms with van der Waals surface area (Å²) in [6.45, 7) is 0. The minimum absolute atomic E-state index is 0.441. The normalized spacial score (nSPS) is 11.6. The van der Waals surface area contributed by atoms with Gasteiger partial charge >= 0.3 is 0 Å². The molecule has 8 heteroatoms. The summed E-state index contributed by atoms with van der Waals surface area (Å²) in [5, 5.41) is 57.6. The molecule has 4 aromatic heterocycles. The van der Waals surface area contributed by atoms with Gasteiger partial charge in [-0.2, -0.15) is 21.0 Å². The van der Waals surface area contributed by atoms with Crippen molar-refractivity contribution in [2.24, 2.45) is 0 Å². The Morgan fingerprint density at radius 1 is 0.194 bits per heavy atom. The Hall–Kier alpha value is -14.0. The van der Waals surface area contributed by atoms with E-state index in [9.17, 15) is 21.0 Å². The van der Waals surface area contributed by atoms with Crippen molar-refractivity contribution in [3.63, 3.8) is 0 Å². The molecule has 0 saturated heterocycles. The summed E-state index contributed by atoms with van der Waals surface area (Å²) >= 11 is 0. The minimum Gasteiger partial charge on any atom is -0.308 e. The molecule has 0 radical (unpaired) electrons. The van der Waals surface area contributed by atoms with E-state index < -0.39 is 0 Å². The summed E-state index contributed by atoms with van der Waals surface area (Å²) in [5.74, 6) is 0. The Kier molecular flexibility index (Phi) is 12.4. The number of nitriles is 4. The zero-order chi connectivity index (χ0) is 65.3. The first-order chi connectivity index (χ1) is 48.4. The quantitative estimate of drug-likeness (QED) is 0.151. The number of aromatic nitrogens is 4. The molecule has 0 atom stereocenters. The van der Waals surface area contributed by atoms with Crippen LogP contribution in [-0.2, 0) is 0 Å². The van der Waals surface area contributed by atoms with Gasteiger partial charge in [0.15, 0.2) is 0 Å². The summed E-state index contributed by atoms with van der Waals surface area (Å²) < 4.78 is 8.65. The molecule has 450 valence electrons. The van der Waals surface area contributed by atoms with Gasteiger partial charge in [-0.05, 0) is 169 Å². The second-order valence-electron chi connectivity index (χ2n) is 25.2. The second-order valence-corrected chi connectivity index (χ2v) is 25.2. The Labute approximate surface area is 561 Å². The van der Waals surface area contributed by atoms with Crippen LogP contribution in [0.25, 0.3) is 176 Å². The average molecular weight is 1240 g/mol. The van der Waals surface area contributed by atoms with Crippen molar-refractivity contribution in [1.82, 2.24) is 18.3 Å². The fraction of sp³-hybridized carbons (Fsp3) is 0. The van der Waals surface area contributed by atoms with Crippen molar-refractivity contribution < 1.29 is 0 Å². The Balaban J connectivity index is 0.725. The predicted molar refractivity (Wildman–Crippen MR) is 399 cm³/mol. The topological polar surface area (TPSA) is 115 Å². The van der Waals surface area contributed by atoms with Crippen LogP contribution >= 0.6 is 0 Å². The maximum Gasteiger partial charge on any atom is 0.104 e. The van der Waals surface area contributed by atoms with Crippen molar-refractivity contribution in [3.8, 4) is 91.5 Å². The molecule has 0 spiro atoms. The Bertz CT molecular complexity index is 6860. The zero-order valence-corrected chi connectivity index (χ0v) is 52.4. The van der Waals surface area contributed by atoms with Gasteiger partial charge in [0.25, 0.3) is 0 Å². The van der Waals surface area contributed by atoms with Crippen molar-refractivity contribution in [3.05, 3.63) is 326 Å². The summed E-state index contributed by atoms with van der Waals surface area (Å²) in [6, 6.07) is 115. The molecule has 98 heavy (non-hydrogen) atoms. The lowest BCUT2D eigenvalue weighted by molar-refractivity contribution is 1.11. The molecule has 19 aromatic rings. The van der Waals surface area contributed by atoms with E-state index in [-0.39, 0.29) is 0 Å². The van der Waals surface area contributed by atoms with E-state index in [1.54, 1.807) is 0 Å². The molecule has 0 bridgehead atoms. The number of hydrogen-bond donors (Lipinski definition) is 0. The number of nitrogens with zero attached hydrogens (tertiary/aromatic N) is 8. The van der Waals surface area contributed by atoms with Crippen LogP contribution in [0.4, 0.5) is 0 Å². The van der Waals surface area contributed by atoms with Crippen LogP contribution in [0.15, 0.2) is 303 Å². The zero-order valence-electron chi connectivity index (χ0n) is 52.4. The largest absolute Gasteiger partial charge is 0.308 e. The fourth-order valence-electron chi connectivity index (χ4n) is 15.7. The molecule has 0 aliphatic heterocycles. The first kappa shape index (κ1) is 55.6. The minimum atomic E-state index is 0.441. The smallest absolute Gasteiger partial charge is 0.104 e. The highest BCUT2D eigenvalue weighted by Gasteiger charge is 2.26. The molecule has 15 aromatic carbocycles. The third-order valence-electron chi connectivity index (χ3n) is 20.0. The van der Waals surface area contributed by atoms with Crippen LogP contribution in [-0.4, -0.2) is 18.3 Å². The summed E-state index contributed by atoms with van der Waals surface area (Å²) in [4.78, 5) is 0. The maximum absolute atomic E-state index is 11.6. The van der Waals surface area contributed by atoms with Crippen molar-refractivity contribution in [2.45, 2.75) is 0 Å². The maximum atomic E-state index is 11.6. The van der Waals surface area contributed by atoms with E-state index in [0.717, 1.165) is 153 Å². The van der Waals surface area contributed by atoms with Crippen LogP contribution in [0.2, 0.25) is 0 Å². The van der Waals surface area contributed by atoms with Gasteiger partial charge in [0.05, 0.1) is 90.1 Å². The molecule has 8 nitrogen and oxygen atoms in total. The highest BCUT2D eigenvalue weighted by molar-refractivity contribution is 6.23. The first-order valence-electron chi connectivity index (χ1n) is 32.6. The molecule has 0 N–H and O–H groups in total. The standard InChI is InChI=1S/C90H50N8/c91-51-55-42-85(75(53-93)87(44-55)97-78-30-12-9-27-70(78)89-67-24-6-4-18-58(67)32-40-83(89)97)95-77-29-11-8-26-69(77)72-49-65(35-38-80(72)95)62-22-14-20-60(46-62)61-21-15-23-63(47-61)66-36-39-82-74(50-66)73-48-64(57-16-2-1-3-17-57)34-37-81(73)96(82)86-43-56(52-92)45-88(76(86)54-94)98-79-31-13-10-28-71(79)90-68-25-7-5-19-59(68)33-41-84(90)98/h1-50H. The lowest BCUT2D eigenvalue weighted by Crippen LogP contribution is -2.05. The van der Waals surface area contributed by atoms with Gasteiger partial charge in [-0.3, -0.25) is 0 Å². The van der Waals surface area contributed by atoms with Gasteiger partial charge in [-0.15, -0.1) is 0 Å². The predicted octanol–water partition coefficient (Wildman–Crippen LogP) is 22.5. The highest BCUT2D eigenvalue weighted by Crippen LogP contribution is 2.45. The summed E-state index contributed by atoms with van der Waals surface area (Å²) in [6.07, 6.45) is 0. The molecular formula is C90H50N8. The Morgan fingerprint density at radius 3 is 0.898 bits per heavy atom. The average Bonchev–Trinajstić information content (AvgIpc) is 1.57. The van der Waals surface area contributed by atoms with Crippen LogP contribution in [0.5, 0.6) is 0 Å². The fourth-order valence-corrected chi connectivity index (χ4v) is 15.7. The first-order valence-corrected chi connectivity index (χ1v) is 32.6. The molecular weight excluding hydrogens is 1190 g/mol.